The van der Waals surface area contributed by atoms with Gasteiger partial charge in [-0.1, -0.05) is 25.5 Å². The molecule has 134 valence electrons. The first-order valence-corrected chi connectivity index (χ1v) is 9.39. The molecule has 1 saturated heterocycles. The molecule has 1 aromatic heterocycles. The van der Waals surface area contributed by atoms with E-state index >= 15 is 0 Å². The van der Waals surface area contributed by atoms with Gasteiger partial charge in [0.1, 0.15) is 0 Å². The molecule has 3 rings (SSSR count). The average Bonchev–Trinajstić information content (AvgIpc) is 2.75. The van der Waals surface area contributed by atoms with Crippen LogP contribution in [0.1, 0.15) is 39.5 Å². The first kappa shape index (κ1) is 17.9. The molecule has 2 heterocycles. The number of rotatable bonds is 3. The van der Waals surface area contributed by atoms with Crippen LogP contribution in [0.3, 0.4) is 0 Å². The quantitative estimate of drug-likeness (QED) is 0.854. The van der Waals surface area contributed by atoms with Crippen molar-refractivity contribution in [3.8, 4) is 0 Å². The molecule has 2 atom stereocenters. The van der Waals surface area contributed by atoms with Crippen molar-refractivity contribution in [1.29, 1.82) is 0 Å². The van der Waals surface area contributed by atoms with E-state index in [1.807, 2.05) is 23.1 Å². The van der Waals surface area contributed by atoms with Gasteiger partial charge in [0, 0.05) is 25.6 Å². The van der Waals surface area contributed by atoms with Gasteiger partial charge in [0.25, 0.3) is 5.56 Å². The van der Waals surface area contributed by atoms with E-state index in [9.17, 15) is 9.59 Å². The lowest BCUT2D eigenvalue weighted by Gasteiger charge is -2.29. The molecule has 0 aliphatic carbocycles. The Hall–Kier alpha value is -1.95. The zero-order valence-corrected chi connectivity index (χ0v) is 15.6. The molecule has 1 aromatic carbocycles. The Morgan fingerprint density at radius 1 is 1.28 bits per heavy atom. The highest BCUT2D eigenvalue weighted by Gasteiger charge is 2.24. The molecule has 25 heavy (non-hydrogen) atoms. The Labute approximate surface area is 152 Å². The number of H-pyrrole nitrogens is 1. The van der Waals surface area contributed by atoms with Gasteiger partial charge < -0.3 is 9.88 Å². The van der Waals surface area contributed by atoms with E-state index in [-0.39, 0.29) is 17.5 Å². The maximum Gasteiger partial charge on any atom is 0.262 e. The maximum absolute atomic E-state index is 12.7. The van der Waals surface area contributed by atoms with Crippen LogP contribution in [0.2, 0.25) is 0 Å². The van der Waals surface area contributed by atoms with E-state index in [0.29, 0.717) is 29.0 Å². The predicted octanol–water partition coefficient (Wildman–Crippen LogP) is 3.49. The third kappa shape index (κ3) is 3.84. The SMILES string of the molecule is C[C@H]1CCC[C@@H](C)N(C(=O)CCn2c(=S)[nH]c3ccccc3c2=O)C1. The summed E-state index contributed by atoms with van der Waals surface area (Å²) >= 11 is 5.32. The molecule has 0 spiro atoms. The Bertz CT molecular complexity index is 886. The van der Waals surface area contributed by atoms with Gasteiger partial charge in [0.05, 0.1) is 10.9 Å². The minimum absolute atomic E-state index is 0.107. The third-order valence-electron chi connectivity index (χ3n) is 5.12. The van der Waals surface area contributed by atoms with Gasteiger partial charge in [0.2, 0.25) is 5.91 Å². The number of nitrogens with one attached hydrogen (secondary N) is 1. The molecule has 1 aliphatic rings. The summed E-state index contributed by atoms with van der Waals surface area (Å²) < 4.78 is 1.87. The number of aromatic amines is 1. The van der Waals surface area contributed by atoms with E-state index in [1.54, 1.807) is 6.07 Å². The van der Waals surface area contributed by atoms with Gasteiger partial charge in [-0.05, 0) is 50.0 Å². The van der Waals surface area contributed by atoms with Gasteiger partial charge in [0.15, 0.2) is 4.77 Å². The Kier molecular flexibility index (Phi) is 5.37. The standard InChI is InChI=1S/C19H25N3O2S/c1-13-6-5-7-14(2)22(12-13)17(23)10-11-21-18(24)15-8-3-4-9-16(15)20-19(21)25/h3-4,8-9,13-14H,5-7,10-12H2,1-2H3,(H,20,25)/t13-,14+/m0/s1. The van der Waals surface area contributed by atoms with Crippen LogP contribution >= 0.6 is 12.2 Å². The Balaban J connectivity index is 1.79. The van der Waals surface area contributed by atoms with Crippen LogP contribution in [0, 0.1) is 10.7 Å². The molecule has 5 nitrogen and oxygen atoms in total. The molecular weight excluding hydrogens is 334 g/mol. The lowest BCUT2D eigenvalue weighted by Crippen LogP contribution is -2.40. The van der Waals surface area contributed by atoms with Gasteiger partial charge in [-0.25, -0.2) is 0 Å². The van der Waals surface area contributed by atoms with Crippen molar-refractivity contribution in [2.24, 2.45) is 5.92 Å². The zero-order valence-electron chi connectivity index (χ0n) is 14.8. The fourth-order valence-corrected chi connectivity index (χ4v) is 3.91. The lowest BCUT2D eigenvalue weighted by molar-refractivity contribution is -0.133. The molecule has 1 fully saturated rings. The van der Waals surface area contributed by atoms with E-state index in [4.69, 9.17) is 12.2 Å². The monoisotopic (exact) mass is 359 g/mol. The summed E-state index contributed by atoms with van der Waals surface area (Å²) in [7, 11) is 0. The normalized spacial score (nSPS) is 21.3. The highest BCUT2D eigenvalue weighted by Crippen LogP contribution is 2.21. The van der Waals surface area contributed by atoms with Crippen molar-refractivity contribution in [1.82, 2.24) is 14.5 Å². The number of carbonyl (C=O) groups excluding carboxylic acids is 1. The summed E-state index contributed by atoms with van der Waals surface area (Å²) in [5.74, 6) is 0.635. The number of benzene rings is 1. The smallest absolute Gasteiger partial charge is 0.262 e. The number of fused-ring (bicyclic) bond motifs is 1. The largest absolute Gasteiger partial charge is 0.340 e. The van der Waals surface area contributed by atoms with Crippen LogP contribution in [0.15, 0.2) is 29.1 Å². The average molecular weight is 359 g/mol. The third-order valence-corrected chi connectivity index (χ3v) is 5.44. The van der Waals surface area contributed by atoms with Gasteiger partial charge in [-0.2, -0.15) is 0 Å². The summed E-state index contributed by atoms with van der Waals surface area (Å²) in [5.41, 5.74) is 0.597. The second-order valence-electron chi connectivity index (χ2n) is 7.11. The van der Waals surface area contributed by atoms with Crippen molar-refractivity contribution in [2.75, 3.05) is 6.54 Å². The van der Waals surface area contributed by atoms with E-state index < -0.39 is 0 Å². The number of para-hydroxylation sites is 1. The summed E-state index contributed by atoms with van der Waals surface area (Å²) in [6.07, 6.45) is 3.68. The molecular formula is C19H25N3O2S. The fourth-order valence-electron chi connectivity index (χ4n) is 3.63. The number of aromatic nitrogens is 2. The zero-order chi connectivity index (χ0) is 18.0. The van der Waals surface area contributed by atoms with E-state index in [1.165, 1.54) is 17.4 Å². The van der Waals surface area contributed by atoms with E-state index in [2.05, 4.69) is 18.8 Å². The number of hydrogen-bond donors (Lipinski definition) is 1. The van der Waals surface area contributed by atoms with Crippen molar-refractivity contribution < 1.29 is 4.79 Å². The Morgan fingerprint density at radius 2 is 2.04 bits per heavy atom. The number of hydrogen-bond acceptors (Lipinski definition) is 3. The van der Waals surface area contributed by atoms with Crippen molar-refractivity contribution >= 4 is 29.0 Å². The maximum atomic E-state index is 12.7. The summed E-state index contributed by atoms with van der Waals surface area (Å²) in [6.45, 7) is 5.43. The van der Waals surface area contributed by atoms with Crippen LogP contribution < -0.4 is 5.56 Å². The van der Waals surface area contributed by atoms with Crippen molar-refractivity contribution in [2.45, 2.75) is 52.1 Å². The highest BCUT2D eigenvalue weighted by atomic mass is 32.1. The molecule has 2 aromatic rings. The summed E-state index contributed by atoms with van der Waals surface area (Å²) in [6, 6.07) is 7.57. The molecule has 0 unspecified atom stereocenters. The van der Waals surface area contributed by atoms with E-state index in [0.717, 1.165) is 18.5 Å². The number of likely N-dealkylation sites (tertiary alicyclic amines) is 1. The van der Waals surface area contributed by atoms with Crippen LogP contribution in [0.4, 0.5) is 0 Å². The number of nitrogens with zero attached hydrogens (tertiary/aromatic N) is 2. The molecule has 1 aliphatic heterocycles. The first-order chi connectivity index (χ1) is 12.0. The molecule has 1 N–H and O–H groups in total. The molecule has 0 radical (unpaired) electrons. The molecule has 6 heteroatoms. The van der Waals surface area contributed by atoms with Gasteiger partial charge in [-0.15, -0.1) is 0 Å². The first-order valence-electron chi connectivity index (χ1n) is 8.98. The minimum atomic E-state index is -0.135. The minimum Gasteiger partial charge on any atom is -0.340 e. The van der Waals surface area contributed by atoms with Crippen LogP contribution in [-0.2, 0) is 11.3 Å². The van der Waals surface area contributed by atoms with Crippen LogP contribution in [0.25, 0.3) is 10.9 Å². The Morgan fingerprint density at radius 3 is 2.84 bits per heavy atom. The predicted molar refractivity (Wildman–Crippen MR) is 102 cm³/mol. The molecule has 0 saturated carbocycles. The second kappa shape index (κ2) is 7.52. The number of amides is 1. The molecule has 0 bridgehead atoms. The highest BCUT2D eigenvalue weighted by molar-refractivity contribution is 7.71. The molecule has 1 amide bonds. The number of carbonyl (C=O) groups is 1. The van der Waals surface area contributed by atoms with Crippen molar-refractivity contribution in [3.63, 3.8) is 0 Å². The van der Waals surface area contributed by atoms with Gasteiger partial charge in [-0.3, -0.25) is 14.2 Å². The summed E-state index contributed by atoms with van der Waals surface area (Å²) in [4.78, 5) is 30.5. The van der Waals surface area contributed by atoms with Crippen LogP contribution in [0.5, 0.6) is 0 Å². The lowest BCUT2D eigenvalue weighted by atomic mass is 10.1. The van der Waals surface area contributed by atoms with Crippen LogP contribution in [-0.4, -0.2) is 32.9 Å². The van der Waals surface area contributed by atoms with Gasteiger partial charge >= 0.3 is 0 Å². The second-order valence-corrected chi connectivity index (χ2v) is 7.50. The topological polar surface area (TPSA) is 58.1 Å². The van der Waals surface area contributed by atoms with Crippen molar-refractivity contribution in [3.05, 3.63) is 39.4 Å². The fraction of sp³-hybridized carbons (Fsp3) is 0.526. The summed E-state index contributed by atoms with van der Waals surface area (Å²) in [5, 5.41) is 0.598.